The molecule has 0 spiro atoms. The number of morpholine rings is 1. The second-order valence-corrected chi connectivity index (χ2v) is 10.1. The summed E-state index contributed by atoms with van der Waals surface area (Å²) in [5, 5.41) is 3.51. The summed E-state index contributed by atoms with van der Waals surface area (Å²) in [7, 11) is 0. The number of hydrogen-bond donors (Lipinski definition) is 1. The van der Waals surface area contributed by atoms with E-state index in [4.69, 9.17) is 4.74 Å². The van der Waals surface area contributed by atoms with Crippen LogP contribution in [0.15, 0.2) is 24.3 Å². The summed E-state index contributed by atoms with van der Waals surface area (Å²) in [6.07, 6.45) is 7.55. The number of rotatable bonds is 6. The lowest BCUT2D eigenvalue weighted by molar-refractivity contribution is -0.0162. The van der Waals surface area contributed by atoms with Crippen LogP contribution < -0.4 is 5.32 Å². The Morgan fingerprint density at radius 3 is 2.27 bits per heavy atom. The Morgan fingerprint density at radius 1 is 1.07 bits per heavy atom. The van der Waals surface area contributed by atoms with Crippen molar-refractivity contribution in [1.29, 1.82) is 0 Å². The first-order valence-electron chi connectivity index (χ1n) is 11.7. The van der Waals surface area contributed by atoms with Crippen molar-refractivity contribution in [3.05, 3.63) is 35.6 Å². The van der Waals surface area contributed by atoms with E-state index in [0.717, 1.165) is 75.4 Å². The van der Waals surface area contributed by atoms with Gasteiger partial charge in [-0.3, -0.25) is 4.90 Å². The number of hydrogen-bond acceptors (Lipinski definition) is 3. The predicted octanol–water partition coefficient (Wildman–Crippen LogP) is 3.64. The molecule has 164 valence electrons. The van der Waals surface area contributed by atoms with E-state index in [1.165, 1.54) is 31.4 Å². The predicted molar refractivity (Wildman–Crippen MR) is 114 cm³/mol. The number of nitrogens with zero attached hydrogens (tertiary/aromatic N) is 2. The van der Waals surface area contributed by atoms with Gasteiger partial charge in [-0.05, 0) is 74.0 Å². The molecule has 0 atom stereocenters. The first kappa shape index (κ1) is 20.3. The average Bonchev–Trinajstić information content (AvgIpc) is 2.72. The molecule has 1 aromatic rings. The van der Waals surface area contributed by atoms with Crippen LogP contribution in [0, 0.1) is 23.6 Å². The van der Waals surface area contributed by atoms with Crippen molar-refractivity contribution in [2.45, 2.75) is 50.6 Å². The Labute approximate surface area is 178 Å². The van der Waals surface area contributed by atoms with Gasteiger partial charge in [-0.2, -0.15) is 0 Å². The van der Waals surface area contributed by atoms with Crippen LogP contribution in [0.5, 0.6) is 0 Å². The maximum absolute atomic E-state index is 13.5. The maximum atomic E-state index is 13.5. The molecule has 0 aromatic heterocycles. The topological polar surface area (TPSA) is 44.8 Å². The molecule has 4 aliphatic carbocycles. The molecule has 5 fully saturated rings. The third-order valence-electron chi connectivity index (χ3n) is 7.77. The highest BCUT2D eigenvalue weighted by Gasteiger charge is 2.51. The molecule has 4 saturated carbocycles. The molecular formula is C24H34FN3O2. The lowest BCUT2D eigenvalue weighted by atomic mass is 9.53. The molecule has 1 N–H and O–H groups in total. The molecule has 0 radical (unpaired) electrons. The Bertz CT molecular complexity index is 712. The van der Waals surface area contributed by atoms with E-state index in [1.807, 2.05) is 4.90 Å². The average molecular weight is 416 g/mol. The van der Waals surface area contributed by atoms with Crippen LogP contribution in [0.2, 0.25) is 0 Å². The minimum atomic E-state index is -0.239. The molecule has 2 amide bonds. The van der Waals surface area contributed by atoms with E-state index >= 15 is 0 Å². The monoisotopic (exact) mass is 415 g/mol. The minimum Gasteiger partial charge on any atom is -0.379 e. The Balaban J connectivity index is 1.27. The first-order chi connectivity index (χ1) is 14.6. The smallest absolute Gasteiger partial charge is 0.318 e. The quantitative estimate of drug-likeness (QED) is 0.772. The van der Waals surface area contributed by atoms with E-state index in [9.17, 15) is 9.18 Å². The van der Waals surface area contributed by atoms with E-state index in [-0.39, 0.29) is 17.4 Å². The van der Waals surface area contributed by atoms with Crippen molar-refractivity contribution in [3.63, 3.8) is 0 Å². The third kappa shape index (κ3) is 4.50. The van der Waals surface area contributed by atoms with Crippen molar-refractivity contribution >= 4 is 6.03 Å². The zero-order valence-electron chi connectivity index (χ0n) is 17.8. The largest absolute Gasteiger partial charge is 0.379 e. The highest BCUT2D eigenvalue weighted by atomic mass is 19.1. The van der Waals surface area contributed by atoms with E-state index in [0.29, 0.717) is 13.1 Å². The van der Waals surface area contributed by atoms with E-state index in [2.05, 4.69) is 10.2 Å². The van der Waals surface area contributed by atoms with Gasteiger partial charge in [-0.15, -0.1) is 0 Å². The van der Waals surface area contributed by atoms with Gasteiger partial charge in [0.2, 0.25) is 0 Å². The number of halogens is 1. The van der Waals surface area contributed by atoms with Crippen LogP contribution in [0.1, 0.15) is 44.1 Å². The third-order valence-corrected chi connectivity index (χ3v) is 7.77. The van der Waals surface area contributed by atoms with Gasteiger partial charge in [0.25, 0.3) is 0 Å². The fraction of sp³-hybridized carbons (Fsp3) is 0.708. The molecule has 1 saturated heterocycles. The SMILES string of the molecule is O=C(NC12CC3CC(CC(C3)C1)C2)N(CCN1CCOCC1)Cc1ccc(F)cc1. The van der Waals surface area contributed by atoms with Crippen molar-refractivity contribution in [1.82, 2.24) is 15.1 Å². The molecule has 5 aliphatic rings. The van der Waals surface area contributed by atoms with Gasteiger partial charge in [-0.25, -0.2) is 9.18 Å². The molecule has 5 nitrogen and oxygen atoms in total. The van der Waals surface area contributed by atoms with Gasteiger partial charge < -0.3 is 15.0 Å². The molecule has 1 aromatic carbocycles. The minimum absolute atomic E-state index is 0.00580. The summed E-state index contributed by atoms with van der Waals surface area (Å²) in [5.41, 5.74) is 0.977. The summed E-state index contributed by atoms with van der Waals surface area (Å²) < 4.78 is 18.8. The molecule has 0 unspecified atom stereocenters. The van der Waals surface area contributed by atoms with Crippen molar-refractivity contribution in [2.75, 3.05) is 39.4 Å². The molecular weight excluding hydrogens is 381 g/mol. The molecule has 6 heteroatoms. The number of benzene rings is 1. The normalized spacial score (nSPS) is 32.9. The Kier molecular flexibility index (Phi) is 5.71. The summed E-state index contributed by atoms with van der Waals surface area (Å²) in [5.74, 6) is 2.16. The summed E-state index contributed by atoms with van der Waals surface area (Å²) in [6.45, 7) is 5.40. The van der Waals surface area contributed by atoms with E-state index in [1.54, 1.807) is 12.1 Å². The van der Waals surface area contributed by atoms with Crippen molar-refractivity contribution < 1.29 is 13.9 Å². The lowest BCUT2D eigenvalue weighted by Gasteiger charge is -2.57. The fourth-order valence-electron chi connectivity index (χ4n) is 6.72. The highest BCUT2D eigenvalue weighted by molar-refractivity contribution is 5.75. The summed E-state index contributed by atoms with van der Waals surface area (Å²) in [6, 6.07) is 6.58. The van der Waals surface area contributed by atoms with Crippen LogP contribution in [0.4, 0.5) is 9.18 Å². The van der Waals surface area contributed by atoms with Crippen LogP contribution >= 0.6 is 0 Å². The standard InChI is InChI=1S/C24H34FN3O2/c25-22-3-1-18(2-4-22)17-28(6-5-27-7-9-30-10-8-27)23(29)26-24-14-19-11-20(15-24)13-21(12-19)16-24/h1-4,19-21H,5-17H2,(H,26,29). The molecule has 6 rings (SSSR count). The van der Waals surface area contributed by atoms with Gasteiger partial charge in [0.15, 0.2) is 0 Å². The summed E-state index contributed by atoms with van der Waals surface area (Å²) >= 11 is 0. The van der Waals surface area contributed by atoms with Crippen molar-refractivity contribution in [2.24, 2.45) is 17.8 Å². The fourth-order valence-corrected chi connectivity index (χ4v) is 6.72. The van der Waals surface area contributed by atoms with Gasteiger partial charge in [0.05, 0.1) is 13.2 Å². The zero-order valence-corrected chi connectivity index (χ0v) is 17.8. The molecule has 1 heterocycles. The highest BCUT2D eigenvalue weighted by Crippen LogP contribution is 2.55. The molecule has 4 bridgehead atoms. The zero-order chi connectivity index (χ0) is 20.6. The number of carbonyl (C=O) groups excluding carboxylic acids is 1. The number of amides is 2. The maximum Gasteiger partial charge on any atom is 0.318 e. The Hall–Kier alpha value is -1.66. The second-order valence-electron chi connectivity index (χ2n) is 10.1. The van der Waals surface area contributed by atoms with Crippen LogP contribution in [-0.2, 0) is 11.3 Å². The van der Waals surface area contributed by atoms with Gasteiger partial charge in [-0.1, -0.05) is 12.1 Å². The second kappa shape index (κ2) is 8.46. The first-order valence-corrected chi connectivity index (χ1v) is 11.7. The number of carbonyl (C=O) groups is 1. The lowest BCUT2D eigenvalue weighted by Crippen LogP contribution is -2.62. The molecule has 1 aliphatic heterocycles. The number of ether oxygens (including phenoxy) is 1. The van der Waals surface area contributed by atoms with Gasteiger partial charge >= 0.3 is 6.03 Å². The van der Waals surface area contributed by atoms with Crippen LogP contribution in [-0.4, -0.2) is 60.8 Å². The van der Waals surface area contributed by atoms with Crippen LogP contribution in [0.3, 0.4) is 0 Å². The van der Waals surface area contributed by atoms with Gasteiger partial charge in [0, 0.05) is 38.3 Å². The van der Waals surface area contributed by atoms with Gasteiger partial charge in [0.1, 0.15) is 5.82 Å². The Morgan fingerprint density at radius 2 is 1.67 bits per heavy atom. The molecule has 30 heavy (non-hydrogen) atoms. The van der Waals surface area contributed by atoms with Crippen LogP contribution in [0.25, 0.3) is 0 Å². The summed E-state index contributed by atoms with van der Waals surface area (Å²) in [4.78, 5) is 17.8. The van der Waals surface area contributed by atoms with Crippen molar-refractivity contribution in [3.8, 4) is 0 Å². The number of nitrogens with one attached hydrogen (secondary N) is 1. The number of urea groups is 1. The van der Waals surface area contributed by atoms with E-state index < -0.39 is 0 Å².